The summed E-state index contributed by atoms with van der Waals surface area (Å²) in [5.74, 6) is -4.05. The Balaban J connectivity index is 1.60. The van der Waals surface area contributed by atoms with E-state index in [-0.39, 0.29) is 35.3 Å². The van der Waals surface area contributed by atoms with Gasteiger partial charge in [0.1, 0.15) is 17.8 Å². The first-order valence-electron chi connectivity index (χ1n) is 10.4. The molecular formula is C22H20F3N7O3S. The van der Waals surface area contributed by atoms with Crippen LogP contribution in [0.2, 0.25) is 0 Å². The van der Waals surface area contributed by atoms with Crippen molar-refractivity contribution in [2.75, 3.05) is 12.8 Å². The first-order chi connectivity index (χ1) is 17.0. The number of ether oxygens (including phenoxy) is 1. The summed E-state index contributed by atoms with van der Waals surface area (Å²) >= 11 is 0. The molecule has 0 saturated heterocycles. The van der Waals surface area contributed by atoms with Crippen molar-refractivity contribution in [2.24, 2.45) is 10.7 Å². The Morgan fingerprint density at radius 1 is 1.19 bits per heavy atom. The van der Waals surface area contributed by atoms with Crippen LogP contribution in [0, 0.1) is 11.6 Å². The molecule has 10 nitrogen and oxygen atoms in total. The second kappa shape index (κ2) is 9.53. The molecule has 0 aliphatic carbocycles. The van der Waals surface area contributed by atoms with Gasteiger partial charge in [0.15, 0.2) is 23.3 Å². The van der Waals surface area contributed by atoms with Crippen LogP contribution in [0.4, 0.5) is 13.2 Å². The number of nitrogens with two attached hydrogens (primary N) is 1. The molecule has 2 aromatic heterocycles. The first kappa shape index (κ1) is 25.0. The highest BCUT2D eigenvalue weighted by molar-refractivity contribution is 7.89. The maximum absolute atomic E-state index is 14.9. The van der Waals surface area contributed by atoms with E-state index in [9.17, 15) is 21.6 Å². The van der Waals surface area contributed by atoms with Crippen LogP contribution in [0.25, 0.3) is 11.9 Å². The van der Waals surface area contributed by atoms with Crippen molar-refractivity contribution in [1.82, 2.24) is 24.2 Å². The lowest BCUT2D eigenvalue weighted by Crippen LogP contribution is -2.50. The van der Waals surface area contributed by atoms with Crippen molar-refractivity contribution in [3.05, 3.63) is 77.3 Å². The van der Waals surface area contributed by atoms with Gasteiger partial charge in [0.2, 0.25) is 21.9 Å². The number of rotatable bonds is 6. The SMILES string of the molecule is CN1C(N)=N[C@](C)(c2cc(/C=C(\F)c3cnc(OCc4ncccn4)cn3)cc(F)c2F)CS1(=O)=O. The minimum absolute atomic E-state index is 0.0299. The van der Waals surface area contributed by atoms with Crippen LogP contribution in [-0.4, -0.2) is 51.4 Å². The molecule has 1 aliphatic rings. The van der Waals surface area contributed by atoms with Gasteiger partial charge in [0.05, 0.1) is 18.1 Å². The first-order valence-corrected chi connectivity index (χ1v) is 12.0. The molecule has 4 rings (SSSR count). The monoisotopic (exact) mass is 519 g/mol. The Morgan fingerprint density at radius 3 is 2.56 bits per heavy atom. The Labute approximate surface area is 204 Å². The molecule has 0 unspecified atom stereocenters. The summed E-state index contributed by atoms with van der Waals surface area (Å²) in [6, 6.07) is 3.53. The van der Waals surface area contributed by atoms with Gasteiger partial charge in [-0.05, 0) is 36.8 Å². The molecule has 1 aromatic carbocycles. The standard InChI is InChI=1S/C22H20F3N7O3S/c1-22(12-36(33,34)32(2)21(26)31-22)14-6-13(8-16(24)20(14)25)7-15(23)17-9-30-19(10-29-17)35-11-18-27-4-3-5-28-18/h3-10H,11-12H2,1-2H3,(H2,26,31)/b15-7-/t22-/m0/s1. The lowest BCUT2D eigenvalue weighted by molar-refractivity contribution is 0.282. The molecule has 3 heterocycles. The van der Waals surface area contributed by atoms with E-state index >= 15 is 0 Å². The molecule has 0 radical (unpaired) electrons. The van der Waals surface area contributed by atoms with Gasteiger partial charge in [-0.15, -0.1) is 0 Å². The van der Waals surface area contributed by atoms with E-state index in [1.165, 1.54) is 20.2 Å². The number of aromatic nitrogens is 4. The number of nitrogens with zero attached hydrogens (tertiary/aromatic N) is 6. The molecule has 3 aromatic rings. The normalized spacial score (nSPS) is 19.6. The van der Waals surface area contributed by atoms with Crippen LogP contribution in [0.1, 0.15) is 29.6 Å². The number of benzene rings is 1. The van der Waals surface area contributed by atoms with E-state index in [4.69, 9.17) is 10.5 Å². The summed E-state index contributed by atoms with van der Waals surface area (Å²) < 4.78 is 75.0. The molecule has 0 spiro atoms. The third kappa shape index (κ3) is 5.12. The van der Waals surface area contributed by atoms with E-state index in [0.29, 0.717) is 5.82 Å². The fourth-order valence-electron chi connectivity index (χ4n) is 3.45. The van der Waals surface area contributed by atoms with Crippen LogP contribution in [-0.2, 0) is 22.2 Å². The van der Waals surface area contributed by atoms with E-state index in [2.05, 4.69) is 24.9 Å². The van der Waals surface area contributed by atoms with Crippen molar-refractivity contribution < 1.29 is 26.3 Å². The largest absolute Gasteiger partial charge is 0.468 e. The van der Waals surface area contributed by atoms with Gasteiger partial charge in [-0.1, -0.05) is 0 Å². The van der Waals surface area contributed by atoms with Gasteiger partial charge in [0, 0.05) is 25.0 Å². The van der Waals surface area contributed by atoms with Crippen LogP contribution >= 0.6 is 0 Å². The molecule has 0 amide bonds. The summed E-state index contributed by atoms with van der Waals surface area (Å²) in [5, 5.41) is 0. The van der Waals surface area contributed by atoms with Gasteiger partial charge < -0.3 is 10.5 Å². The molecule has 0 saturated carbocycles. The Morgan fingerprint density at radius 2 is 1.92 bits per heavy atom. The molecule has 1 aliphatic heterocycles. The number of hydrogen-bond donors (Lipinski definition) is 1. The number of hydrogen-bond acceptors (Lipinski definition) is 9. The minimum Gasteiger partial charge on any atom is -0.468 e. The van der Waals surface area contributed by atoms with Gasteiger partial charge in [0.25, 0.3) is 0 Å². The average molecular weight is 520 g/mol. The topological polar surface area (TPSA) is 137 Å². The summed E-state index contributed by atoms with van der Waals surface area (Å²) in [6.45, 7) is 1.33. The molecule has 2 N–H and O–H groups in total. The third-order valence-corrected chi connectivity index (χ3v) is 7.28. The quantitative estimate of drug-likeness (QED) is 0.524. The molecule has 14 heteroatoms. The van der Waals surface area contributed by atoms with Crippen molar-refractivity contribution >= 4 is 27.9 Å². The molecule has 1 atom stereocenters. The zero-order valence-corrected chi connectivity index (χ0v) is 19.9. The van der Waals surface area contributed by atoms with Crippen molar-refractivity contribution in [1.29, 1.82) is 0 Å². The maximum Gasteiger partial charge on any atom is 0.239 e. The molecule has 36 heavy (non-hydrogen) atoms. The summed E-state index contributed by atoms with van der Waals surface area (Å²) in [7, 11) is -2.74. The number of guanidine groups is 1. The van der Waals surface area contributed by atoms with Gasteiger partial charge >= 0.3 is 0 Å². The summed E-state index contributed by atoms with van der Waals surface area (Å²) in [6.07, 6.45) is 6.30. The average Bonchev–Trinajstić information content (AvgIpc) is 2.84. The second-order valence-corrected chi connectivity index (χ2v) is 10.0. The number of halogens is 3. The smallest absolute Gasteiger partial charge is 0.239 e. The van der Waals surface area contributed by atoms with Crippen LogP contribution < -0.4 is 10.5 Å². The van der Waals surface area contributed by atoms with E-state index < -0.39 is 38.8 Å². The predicted molar refractivity (Wildman–Crippen MR) is 124 cm³/mol. The van der Waals surface area contributed by atoms with E-state index in [1.54, 1.807) is 18.5 Å². The van der Waals surface area contributed by atoms with Gasteiger partial charge in [-0.25, -0.2) is 50.8 Å². The lowest BCUT2D eigenvalue weighted by Gasteiger charge is -2.34. The highest BCUT2D eigenvalue weighted by Gasteiger charge is 2.42. The fourth-order valence-corrected chi connectivity index (χ4v) is 4.90. The third-order valence-electron chi connectivity index (χ3n) is 5.33. The number of aliphatic imine (C=N–C) groups is 1. The second-order valence-electron chi connectivity index (χ2n) is 8.02. The molecule has 0 fully saturated rings. The maximum atomic E-state index is 14.9. The Kier molecular flexibility index (Phi) is 6.63. The fraction of sp³-hybridized carbons (Fsp3) is 0.227. The Bertz CT molecular complexity index is 1450. The number of sulfonamides is 1. The van der Waals surface area contributed by atoms with Crippen LogP contribution in [0.15, 0.2) is 48.0 Å². The minimum atomic E-state index is -3.94. The lowest BCUT2D eigenvalue weighted by atomic mass is 9.92. The molecule has 188 valence electrons. The van der Waals surface area contributed by atoms with Gasteiger partial charge in [-0.3, -0.25) is 0 Å². The van der Waals surface area contributed by atoms with E-state index in [0.717, 1.165) is 28.7 Å². The van der Waals surface area contributed by atoms with Crippen molar-refractivity contribution in [3.63, 3.8) is 0 Å². The Hall–Kier alpha value is -4.07. The predicted octanol–water partition coefficient (Wildman–Crippen LogP) is 2.40. The van der Waals surface area contributed by atoms with E-state index in [1.807, 2.05) is 0 Å². The summed E-state index contributed by atoms with van der Waals surface area (Å²) in [5.41, 5.74) is 3.29. The zero-order chi connectivity index (χ0) is 26.1. The molecular weight excluding hydrogens is 499 g/mol. The van der Waals surface area contributed by atoms with Crippen LogP contribution in [0.3, 0.4) is 0 Å². The van der Waals surface area contributed by atoms with Crippen molar-refractivity contribution in [2.45, 2.75) is 19.1 Å². The molecule has 0 bridgehead atoms. The van der Waals surface area contributed by atoms with Crippen LogP contribution in [0.5, 0.6) is 5.88 Å². The van der Waals surface area contributed by atoms with Crippen molar-refractivity contribution in [3.8, 4) is 5.88 Å². The van der Waals surface area contributed by atoms with Gasteiger partial charge in [-0.2, -0.15) is 0 Å². The summed E-state index contributed by atoms with van der Waals surface area (Å²) in [4.78, 5) is 20.0. The highest BCUT2D eigenvalue weighted by atomic mass is 32.2. The highest BCUT2D eigenvalue weighted by Crippen LogP contribution is 2.35. The zero-order valence-electron chi connectivity index (χ0n) is 19.1.